The molecule has 0 amide bonds. The minimum atomic E-state index is -1.19. The van der Waals surface area contributed by atoms with Crippen LogP contribution >= 0.6 is 0 Å². The quantitative estimate of drug-likeness (QED) is 0.454. The van der Waals surface area contributed by atoms with E-state index in [1.807, 2.05) is 0 Å². The molecule has 1 saturated heterocycles. The summed E-state index contributed by atoms with van der Waals surface area (Å²) in [5.41, 5.74) is -1.39. The monoisotopic (exact) mass is 442 g/mol. The Morgan fingerprint density at radius 3 is 1.69 bits per heavy atom. The Morgan fingerprint density at radius 1 is 0.812 bits per heavy atom. The summed E-state index contributed by atoms with van der Waals surface area (Å²) in [6.45, 7) is 3.15. The molecule has 0 unspecified atom stereocenters. The van der Waals surface area contributed by atoms with Crippen LogP contribution < -0.4 is 9.47 Å². The van der Waals surface area contributed by atoms with Gasteiger partial charge in [0.2, 0.25) is 0 Å². The second kappa shape index (κ2) is 9.30. The standard InChI is InChI=1S/C24H26O8/c1-23(13-30-20(25)16-5-9-18(28-3)10-6-16)14-32-22(27)24(23,2)15-31-21(26)17-7-11-19(29-4)12-8-17/h5-12H,13-15H2,1-4H3/t23-,24+/m1/s1. The lowest BCUT2D eigenvalue weighted by Gasteiger charge is -2.35. The summed E-state index contributed by atoms with van der Waals surface area (Å²) in [5, 5.41) is 0. The third-order valence-electron chi connectivity index (χ3n) is 5.97. The molecule has 0 bridgehead atoms. The van der Waals surface area contributed by atoms with Crippen LogP contribution in [0.5, 0.6) is 11.5 Å². The molecule has 0 N–H and O–H groups in total. The summed E-state index contributed by atoms with van der Waals surface area (Å²) in [4.78, 5) is 37.5. The van der Waals surface area contributed by atoms with E-state index in [1.165, 1.54) is 14.2 Å². The van der Waals surface area contributed by atoms with Gasteiger partial charge in [-0.1, -0.05) is 6.92 Å². The van der Waals surface area contributed by atoms with E-state index in [2.05, 4.69) is 0 Å². The molecule has 0 saturated carbocycles. The number of cyclic esters (lactones) is 1. The number of hydrogen-bond acceptors (Lipinski definition) is 8. The van der Waals surface area contributed by atoms with Crippen LogP contribution in [-0.2, 0) is 19.0 Å². The lowest BCUT2D eigenvalue weighted by Crippen LogP contribution is -2.46. The van der Waals surface area contributed by atoms with Gasteiger partial charge in [0.1, 0.15) is 36.7 Å². The van der Waals surface area contributed by atoms with E-state index in [1.54, 1.807) is 62.4 Å². The maximum atomic E-state index is 12.5. The molecule has 1 fully saturated rings. The summed E-state index contributed by atoms with van der Waals surface area (Å²) >= 11 is 0. The first-order valence-corrected chi connectivity index (χ1v) is 10.0. The van der Waals surface area contributed by atoms with Crippen molar-refractivity contribution in [2.24, 2.45) is 10.8 Å². The Morgan fingerprint density at radius 2 is 1.25 bits per heavy atom. The fourth-order valence-electron chi connectivity index (χ4n) is 3.28. The number of esters is 3. The molecule has 0 radical (unpaired) electrons. The number of hydrogen-bond donors (Lipinski definition) is 0. The molecule has 0 aromatic heterocycles. The van der Waals surface area contributed by atoms with Gasteiger partial charge in [0.15, 0.2) is 0 Å². The van der Waals surface area contributed by atoms with Crippen LogP contribution in [0.3, 0.4) is 0 Å². The first-order valence-electron chi connectivity index (χ1n) is 10.0. The molecular formula is C24H26O8. The van der Waals surface area contributed by atoms with E-state index in [4.69, 9.17) is 23.7 Å². The summed E-state index contributed by atoms with van der Waals surface area (Å²) in [6, 6.07) is 12.9. The second-order valence-electron chi connectivity index (χ2n) is 8.08. The summed E-state index contributed by atoms with van der Waals surface area (Å²) in [7, 11) is 3.07. The fourth-order valence-corrected chi connectivity index (χ4v) is 3.28. The highest BCUT2D eigenvalue weighted by Crippen LogP contribution is 2.46. The minimum absolute atomic E-state index is 0.0400. The Bertz CT molecular complexity index is 982. The fraction of sp³-hybridized carbons (Fsp3) is 0.375. The zero-order chi connectivity index (χ0) is 23.4. The van der Waals surface area contributed by atoms with E-state index in [0.717, 1.165) is 0 Å². The van der Waals surface area contributed by atoms with Crippen LogP contribution in [0, 0.1) is 10.8 Å². The average Bonchev–Trinajstić information content (AvgIpc) is 3.05. The number of carbonyl (C=O) groups excluding carboxylic acids is 3. The SMILES string of the molecule is COc1ccc(C(=O)OC[C@]2(C)COC(=O)[C@]2(C)COC(=O)c2ccc(OC)cc2)cc1. The predicted molar refractivity (Wildman–Crippen MR) is 114 cm³/mol. The first kappa shape index (κ1) is 23.1. The van der Waals surface area contributed by atoms with Crippen molar-refractivity contribution in [1.29, 1.82) is 0 Å². The molecule has 3 rings (SSSR count). The molecule has 8 nitrogen and oxygen atoms in total. The van der Waals surface area contributed by atoms with Crippen molar-refractivity contribution >= 4 is 17.9 Å². The van der Waals surface area contributed by atoms with E-state index < -0.39 is 28.7 Å². The van der Waals surface area contributed by atoms with Crippen molar-refractivity contribution in [3.05, 3.63) is 59.7 Å². The molecule has 170 valence electrons. The maximum Gasteiger partial charge on any atom is 0.338 e. The summed E-state index contributed by atoms with van der Waals surface area (Å²) in [5.74, 6) is -0.395. The second-order valence-corrected chi connectivity index (χ2v) is 8.08. The van der Waals surface area contributed by atoms with Crippen molar-refractivity contribution < 1.29 is 38.1 Å². The molecule has 32 heavy (non-hydrogen) atoms. The molecule has 1 aliphatic heterocycles. The van der Waals surface area contributed by atoms with E-state index >= 15 is 0 Å². The van der Waals surface area contributed by atoms with Gasteiger partial charge in [0.25, 0.3) is 0 Å². The van der Waals surface area contributed by atoms with Gasteiger partial charge >= 0.3 is 17.9 Å². The van der Waals surface area contributed by atoms with Gasteiger partial charge in [0, 0.05) is 0 Å². The highest BCUT2D eigenvalue weighted by molar-refractivity contribution is 5.90. The normalized spacial score (nSPS) is 22.1. The number of methoxy groups -OCH3 is 2. The molecular weight excluding hydrogens is 416 g/mol. The van der Waals surface area contributed by atoms with Crippen LogP contribution in [0.15, 0.2) is 48.5 Å². The molecule has 1 aliphatic rings. The molecule has 2 aromatic carbocycles. The predicted octanol–water partition coefficient (Wildman–Crippen LogP) is 3.29. The Kier molecular flexibility index (Phi) is 6.72. The number of ether oxygens (including phenoxy) is 5. The molecule has 0 spiro atoms. The summed E-state index contributed by atoms with van der Waals surface area (Å²) < 4.78 is 26.3. The van der Waals surface area contributed by atoms with Crippen LogP contribution in [0.2, 0.25) is 0 Å². The average molecular weight is 442 g/mol. The number of benzene rings is 2. The van der Waals surface area contributed by atoms with Crippen molar-refractivity contribution in [3.63, 3.8) is 0 Å². The van der Waals surface area contributed by atoms with Gasteiger partial charge in [-0.3, -0.25) is 4.79 Å². The van der Waals surface area contributed by atoms with E-state index in [0.29, 0.717) is 22.6 Å². The van der Waals surface area contributed by atoms with Crippen molar-refractivity contribution in [2.75, 3.05) is 34.0 Å². The third kappa shape index (κ3) is 4.54. The third-order valence-corrected chi connectivity index (χ3v) is 5.97. The smallest absolute Gasteiger partial charge is 0.338 e. The van der Waals surface area contributed by atoms with Crippen molar-refractivity contribution in [1.82, 2.24) is 0 Å². The van der Waals surface area contributed by atoms with Crippen molar-refractivity contribution in [2.45, 2.75) is 13.8 Å². The van der Waals surface area contributed by atoms with E-state index in [-0.39, 0.29) is 19.8 Å². The zero-order valence-corrected chi connectivity index (χ0v) is 18.5. The zero-order valence-electron chi connectivity index (χ0n) is 18.5. The van der Waals surface area contributed by atoms with Gasteiger partial charge in [-0.15, -0.1) is 0 Å². The van der Waals surface area contributed by atoms with Gasteiger partial charge in [0.05, 0.1) is 30.8 Å². The molecule has 1 heterocycles. The first-order chi connectivity index (χ1) is 15.2. The topological polar surface area (TPSA) is 97.4 Å². The molecule has 8 heteroatoms. The van der Waals surface area contributed by atoms with Crippen molar-refractivity contribution in [3.8, 4) is 11.5 Å². The minimum Gasteiger partial charge on any atom is -0.497 e. The lowest BCUT2D eigenvalue weighted by molar-refractivity contribution is -0.149. The van der Waals surface area contributed by atoms with Gasteiger partial charge < -0.3 is 23.7 Å². The van der Waals surface area contributed by atoms with Crippen LogP contribution in [0.1, 0.15) is 34.6 Å². The molecule has 2 atom stereocenters. The van der Waals surface area contributed by atoms with E-state index in [9.17, 15) is 14.4 Å². The maximum absolute atomic E-state index is 12.5. The molecule has 0 aliphatic carbocycles. The van der Waals surface area contributed by atoms with Crippen LogP contribution in [-0.4, -0.2) is 51.9 Å². The van der Waals surface area contributed by atoms with Crippen LogP contribution in [0.4, 0.5) is 0 Å². The molecule has 2 aromatic rings. The van der Waals surface area contributed by atoms with Gasteiger partial charge in [-0.05, 0) is 55.5 Å². The van der Waals surface area contributed by atoms with Gasteiger partial charge in [-0.25, -0.2) is 9.59 Å². The largest absolute Gasteiger partial charge is 0.497 e. The summed E-state index contributed by atoms with van der Waals surface area (Å²) in [6.07, 6.45) is 0. The van der Waals surface area contributed by atoms with Gasteiger partial charge in [-0.2, -0.15) is 0 Å². The Balaban J connectivity index is 1.65. The Hall–Kier alpha value is -3.55. The Labute approximate surface area is 186 Å². The number of carbonyl (C=O) groups is 3. The highest BCUT2D eigenvalue weighted by atomic mass is 16.6. The lowest BCUT2D eigenvalue weighted by atomic mass is 9.68. The van der Waals surface area contributed by atoms with Crippen LogP contribution in [0.25, 0.3) is 0 Å². The highest BCUT2D eigenvalue weighted by Gasteiger charge is 2.58. The number of rotatable bonds is 8.